The lowest BCUT2D eigenvalue weighted by Gasteiger charge is -2.47. The van der Waals surface area contributed by atoms with Gasteiger partial charge in [0.15, 0.2) is 4.90 Å². The van der Waals surface area contributed by atoms with Crippen molar-refractivity contribution in [2.24, 2.45) is 0 Å². The summed E-state index contributed by atoms with van der Waals surface area (Å²) in [5, 5.41) is 12.7. The fourth-order valence-corrected chi connectivity index (χ4v) is 10.5. The van der Waals surface area contributed by atoms with E-state index < -0.39 is 41.0 Å². The van der Waals surface area contributed by atoms with Crippen molar-refractivity contribution in [3.05, 3.63) is 136 Å². The van der Waals surface area contributed by atoms with E-state index in [1.165, 1.54) is 32.5 Å². The van der Waals surface area contributed by atoms with E-state index >= 15 is 0 Å². The fourth-order valence-electron chi connectivity index (χ4n) is 7.26. The van der Waals surface area contributed by atoms with Crippen LogP contribution in [0.3, 0.4) is 0 Å². The molecular formula is C35H33N3O7S2. The molecule has 0 amide bonds. The van der Waals surface area contributed by atoms with Gasteiger partial charge in [-0.15, -0.1) is 0 Å². The maximum atomic E-state index is 14.5. The Labute approximate surface area is 273 Å². The number of ether oxygens (including phenoxy) is 1. The first-order valence-electron chi connectivity index (χ1n) is 15.4. The first-order valence-corrected chi connectivity index (χ1v) is 18.2. The normalized spacial score (nSPS) is 20.3. The zero-order chi connectivity index (χ0) is 33.0. The number of hydrogen-bond donors (Lipinski definition) is 0. The van der Waals surface area contributed by atoms with Crippen molar-refractivity contribution in [1.82, 2.24) is 8.28 Å². The van der Waals surface area contributed by atoms with Crippen molar-refractivity contribution < 1.29 is 26.5 Å². The number of hydrogen-bond acceptors (Lipinski definition) is 7. The van der Waals surface area contributed by atoms with Crippen LogP contribution in [0.5, 0.6) is 0 Å². The van der Waals surface area contributed by atoms with Crippen molar-refractivity contribution >= 4 is 36.6 Å². The number of aryl methyl sites for hydroxylation is 1. The minimum Gasteiger partial charge on any atom is -0.378 e. The van der Waals surface area contributed by atoms with Crippen LogP contribution in [0.1, 0.15) is 35.2 Å². The Balaban J connectivity index is 1.46. The van der Waals surface area contributed by atoms with Gasteiger partial charge < -0.3 is 4.74 Å². The van der Waals surface area contributed by atoms with E-state index in [0.29, 0.717) is 37.1 Å². The van der Waals surface area contributed by atoms with E-state index in [9.17, 15) is 26.9 Å². The summed E-state index contributed by atoms with van der Waals surface area (Å²) in [5.41, 5.74) is 2.17. The lowest BCUT2D eigenvalue weighted by Crippen LogP contribution is -2.52. The summed E-state index contributed by atoms with van der Waals surface area (Å²) in [6.45, 7) is 1.94. The Kier molecular flexibility index (Phi) is 7.79. The Morgan fingerprint density at radius 3 is 2.30 bits per heavy atom. The molecule has 10 nitrogen and oxygen atoms in total. The molecule has 1 saturated heterocycles. The van der Waals surface area contributed by atoms with Gasteiger partial charge in [0, 0.05) is 30.0 Å². The molecule has 0 aliphatic carbocycles. The quantitative estimate of drug-likeness (QED) is 0.154. The van der Waals surface area contributed by atoms with Crippen LogP contribution >= 0.6 is 0 Å². The summed E-state index contributed by atoms with van der Waals surface area (Å²) in [6, 6.07) is 29.0. The fraction of sp³-hybridized carbons (Fsp3) is 0.257. The van der Waals surface area contributed by atoms with Crippen LogP contribution < -0.4 is 0 Å². The molecule has 3 heterocycles. The summed E-state index contributed by atoms with van der Waals surface area (Å²) < 4.78 is 66.7. The molecule has 4 aromatic carbocycles. The smallest absolute Gasteiger partial charge is 0.289 e. The molecule has 2 aliphatic rings. The van der Waals surface area contributed by atoms with E-state index in [1.807, 2.05) is 49.4 Å². The molecule has 47 heavy (non-hydrogen) atoms. The standard InChI is InChI=1S/C35H33N3O7S2/c1-25-15-17-28(18-16-25)46(41,42)37-30-12-6-5-11-29(30)34-32(37)23-36(47(43,44)33-14-8-7-13-31(33)38(39)40)24-35(34)19-20-45-27(22-35)21-26-9-3-2-4-10-26/h2-18,27H,19-24H2,1H3. The van der Waals surface area contributed by atoms with Crippen LogP contribution in [-0.4, -0.2) is 49.3 Å². The monoisotopic (exact) mass is 671 g/mol. The van der Waals surface area contributed by atoms with E-state index in [-0.39, 0.29) is 24.1 Å². The molecule has 2 aliphatic heterocycles. The minimum atomic E-state index is -4.46. The zero-order valence-electron chi connectivity index (χ0n) is 25.7. The lowest BCUT2D eigenvalue weighted by atomic mass is 9.69. The number of rotatable bonds is 7. The number of aromatic nitrogens is 1. The second kappa shape index (κ2) is 11.7. The summed E-state index contributed by atoms with van der Waals surface area (Å²) in [5.74, 6) is 0. The molecule has 0 saturated carbocycles. The first kappa shape index (κ1) is 31.3. The van der Waals surface area contributed by atoms with E-state index in [1.54, 1.807) is 36.4 Å². The maximum absolute atomic E-state index is 14.5. The third-order valence-corrected chi connectivity index (χ3v) is 13.0. The maximum Gasteiger partial charge on any atom is 0.289 e. The van der Waals surface area contributed by atoms with Crippen LogP contribution in [0.15, 0.2) is 113 Å². The van der Waals surface area contributed by atoms with Crippen LogP contribution in [0.4, 0.5) is 5.69 Å². The number of nitro benzene ring substituents is 1. The largest absolute Gasteiger partial charge is 0.378 e. The van der Waals surface area contributed by atoms with Crippen LogP contribution in [0, 0.1) is 17.0 Å². The minimum absolute atomic E-state index is 0.0155. The van der Waals surface area contributed by atoms with Crippen molar-refractivity contribution in [2.75, 3.05) is 13.2 Å². The topological polar surface area (TPSA) is 129 Å². The molecule has 12 heteroatoms. The number of para-hydroxylation sites is 2. The highest BCUT2D eigenvalue weighted by molar-refractivity contribution is 7.90. The van der Waals surface area contributed by atoms with Gasteiger partial charge in [0.1, 0.15) is 0 Å². The summed E-state index contributed by atoms with van der Waals surface area (Å²) in [4.78, 5) is 10.9. The molecule has 7 rings (SSSR count). The molecule has 0 bridgehead atoms. The first-order chi connectivity index (χ1) is 22.5. The molecular weight excluding hydrogens is 639 g/mol. The molecule has 5 aromatic rings. The molecule has 1 spiro atoms. The average Bonchev–Trinajstić information content (AvgIpc) is 3.41. The SMILES string of the molecule is Cc1ccc(S(=O)(=O)n2c3c(c4ccccc42)C2(CCOC(Cc4ccccc4)C2)CN(S(=O)(=O)c2ccccc2[N+](=O)[O-])C3)cc1. The predicted octanol–water partition coefficient (Wildman–Crippen LogP) is 5.96. The summed E-state index contributed by atoms with van der Waals surface area (Å²) >= 11 is 0. The van der Waals surface area contributed by atoms with Gasteiger partial charge in [-0.25, -0.2) is 20.8 Å². The van der Waals surface area contributed by atoms with Crippen molar-refractivity contribution in [3.8, 4) is 0 Å². The Morgan fingerprint density at radius 1 is 0.872 bits per heavy atom. The van der Waals surface area contributed by atoms with Gasteiger partial charge in [0.25, 0.3) is 15.7 Å². The second-order valence-electron chi connectivity index (χ2n) is 12.3. The summed E-state index contributed by atoms with van der Waals surface area (Å²) in [7, 11) is -8.66. The molecule has 1 aromatic heterocycles. The predicted molar refractivity (Wildman–Crippen MR) is 177 cm³/mol. The van der Waals surface area contributed by atoms with Crippen LogP contribution in [0.2, 0.25) is 0 Å². The van der Waals surface area contributed by atoms with Crippen LogP contribution in [0.25, 0.3) is 10.9 Å². The highest BCUT2D eigenvalue weighted by atomic mass is 32.2. The Hall–Kier alpha value is -4.36. The molecule has 1 fully saturated rings. The Bertz CT molecular complexity index is 2220. The molecule has 0 N–H and O–H groups in total. The van der Waals surface area contributed by atoms with Crippen molar-refractivity contribution in [2.45, 2.75) is 54.0 Å². The van der Waals surface area contributed by atoms with Gasteiger partial charge in [-0.1, -0.05) is 78.4 Å². The number of nitro groups is 1. The third kappa shape index (κ3) is 5.35. The average molecular weight is 672 g/mol. The Morgan fingerprint density at radius 2 is 1.55 bits per heavy atom. The zero-order valence-corrected chi connectivity index (χ0v) is 27.3. The third-order valence-electron chi connectivity index (χ3n) is 9.36. The summed E-state index contributed by atoms with van der Waals surface area (Å²) in [6.07, 6.45) is 1.18. The number of benzene rings is 4. The second-order valence-corrected chi connectivity index (χ2v) is 16.0. The lowest BCUT2D eigenvalue weighted by molar-refractivity contribution is -0.387. The van der Waals surface area contributed by atoms with Gasteiger partial charge in [0.2, 0.25) is 10.0 Å². The van der Waals surface area contributed by atoms with Gasteiger partial charge in [-0.2, -0.15) is 4.31 Å². The van der Waals surface area contributed by atoms with Crippen molar-refractivity contribution in [1.29, 1.82) is 0 Å². The molecule has 2 atom stereocenters. The van der Waals surface area contributed by atoms with Gasteiger partial charge >= 0.3 is 0 Å². The van der Waals surface area contributed by atoms with Crippen LogP contribution in [-0.2, 0) is 43.2 Å². The molecule has 2 unspecified atom stereocenters. The van der Waals surface area contributed by atoms with E-state index in [2.05, 4.69) is 0 Å². The number of nitrogens with zero attached hydrogens (tertiary/aromatic N) is 3. The highest BCUT2D eigenvalue weighted by Gasteiger charge is 2.50. The van der Waals surface area contributed by atoms with E-state index in [0.717, 1.165) is 22.1 Å². The van der Waals surface area contributed by atoms with Crippen molar-refractivity contribution in [3.63, 3.8) is 0 Å². The van der Waals surface area contributed by atoms with E-state index in [4.69, 9.17) is 4.74 Å². The highest BCUT2D eigenvalue weighted by Crippen LogP contribution is 2.50. The number of sulfonamides is 1. The van der Waals surface area contributed by atoms with Gasteiger partial charge in [-0.3, -0.25) is 10.1 Å². The van der Waals surface area contributed by atoms with Gasteiger partial charge in [-0.05, 0) is 61.6 Å². The molecule has 242 valence electrons. The van der Waals surface area contributed by atoms with Gasteiger partial charge in [0.05, 0.1) is 33.7 Å². The molecule has 0 radical (unpaired) electrons. The number of fused-ring (bicyclic) bond motifs is 4.